The summed E-state index contributed by atoms with van der Waals surface area (Å²) in [7, 11) is 1.63. The van der Waals surface area contributed by atoms with E-state index in [1.807, 2.05) is 42.5 Å². The highest BCUT2D eigenvalue weighted by Gasteiger charge is 2.16. The standard InChI is InChI=1S/C22H26N2O5/c1-16(25)24(14-17-7-8-20-21(13-17)29-15-28-20)12-10-22(26)23-11-9-18-5-3-4-6-19(18)27-2/h3-8,13H,9-12,14-15H2,1-2H3,(H,23,26). The molecule has 0 spiro atoms. The maximum Gasteiger partial charge on any atom is 0.231 e. The number of amides is 2. The Hall–Kier alpha value is -3.22. The number of para-hydroxylation sites is 1. The van der Waals surface area contributed by atoms with Crippen LogP contribution in [0.25, 0.3) is 0 Å². The SMILES string of the molecule is COc1ccccc1CCNC(=O)CCN(Cc1ccc2c(c1)OCO2)C(C)=O. The van der Waals surface area contributed by atoms with Gasteiger partial charge in [-0.2, -0.15) is 0 Å². The summed E-state index contributed by atoms with van der Waals surface area (Å²) in [4.78, 5) is 25.8. The summed E-state index contributed by atoms with van der Waals surface area (Å²) in [5.41, 5.74) is 1.98. The fourth-order valence-electron chi connectivity index (χ4n) is 3.18. The van der Waals surface area contributed by atoms with Gasteiger partial charge >= 0.3 is 0 Å². The zero-order chi connectivity index (χ0) is 20.6. The van der Waals surface area contributed by atoms with Crippen molar-refractivity contribution in [1.29, 1.82) is 0 Å². The normalized spacial score (nSPS) is 11.8. The smallest absolute Gasteiger partial charge is 0.231 e. The summed E-state index contributed by atoms with van der Waals surface area (Å²) >= 11 is 0. The molecule has 7 heteroatoms. The van der Waals surface area contributed by atoms with Gasteiger partial charge in [0.2, 0.25) is 18.6 Å². The van der Waals surface area contributed by atoms with E-state index in [0.29, 0.717) is 37.6 Å². The maximum absolute atomic E-state index is 12.2. The first-order valence-corrected chi connectivity index (χ1v) is 9.59. The van der Waals surface area contributed by atoms with Crippen LogP contribution >= 0.6 is 0 Å². The van der Waals surface area contributed by atoms with E-state index in [4.69, 9.17) is 14.2 Å². The molecule has 7 nitrogen and oxygen atoms in total. The molecule has 2 aromatic carbocycles. The van der Waals surface area contributed by atoms with Crippen molar-refractivity contribution in [2.45, 2.75) is 26.3 Å². The lowest BCUT2D eigenvalue weighted by Gasteiger charge is -2.21. The second-order valence-corrected chi connectivity index (χ2v) is 6.79. The van der Waals surface area contributed by atoms with E-state index in [1.165, 1.54) is 6.92 Å². The van der Waals surface area contributed by atoms with Crippen molar-refractivity contribution in [1.82, 2.24) is 10.2 Å². The van der Waals surface area contributed by atoms with Gasteiger partial charge in [0.05, 0.1) is 7.11 Å². The molecule has 0 bridgehead atoms. The van der Waals surface area contributed by atoms with Gasteiger partial charge in [0.15, 0.2) is 11.5 Å². The molecule has 2 amide bonds. The fourth-order valence-corrected chi connectivity index (χ4v) is 3.18. The third-order valence-corrected chi connectivity index (χ3v) is 4.77. The highest BCUT2D eigenvalue weighted by atomic mass is 16.7. The first-order chi connectivity index (χ1) is 14.1. The van der Waals surface area contributed by atoms with Crippen molar-refractivity contribution >= 4 is 11.8 Å². The molecule has 3 rings (SSSR count). The lowest BCUT2D eigenvalue weighted by Crippen LogP contribution is -2.34. The van der Waals surface area contributed by atoms with Crippen molar-refractivity contribution in [3.05, 3.63) is 53.6 Å². The number of rotatable bonds is 9. The lowest BCUT2D eigenvalue weighted by molar-refractivity contribution is -0.130. The van der Waals surface area contributed by atoms with Gasteiger partial charge < -0.3 is 24.4 Å². The first kappa shape index (κ1) is 20.5. The molecule has 0 fully saturated rings. The van der Waals surface area contributed by atoms with Crippen molar-refractivity contribution in [3.8, 4) is 17.2 Å². The summed E-state index contributed by atoms with van der Waals surface area (Å²) in [6.45, 7) is 3.00. The van der Waals surface area contributed by atoms with Gasteiger partial charge in [-0.05, 0) is 35.7 Å². The number of hydrogen-bond acceptors (Lipinski definition) is 5. The van der Waals surface area contributed by atoms with E-state index in [9.17, 15) is 9.59 Å². The van der Waals surface area contributed by atoms with Crippen LogP contribution in [0, 0.1) is 0 Å². The summed E-state index contributed by atoms with van der Waals surface area (Å²) in [6, 6.07) is 13.3. The molecule has 0 atom stereocenters. The fraction of sp³-hybridized carbons (Fsp3) is 0.364. The Labute approximate surface area is 170 Å². The molecule has 0 aromatic heterocycles. The minimum absolute atomic E-state index is 0.0792. The zero-order valence-corrected chi connectivity index (χ0v) is 16.8. The molecule has 0 unspecified atom stereocenters. The van der Waals surface area contributed by atoms with Gasteiger partial charge in [0.25, 0.3) is 0 Å². The second kappa shape index (κ2) is 9.82. The van der Waals surface area contributed by atoms with Gasteiger partial charge in [-0.25, -0.2) is 0 Å². The van der Waals surface area contributed by atoms with Crippen LogP contribution in [-0.4, -0.2) is 43.7 Å². The van der Waals surface area contributed by atoms with Crippen molar-refractivity contribution in [2.24, 2.45) is 0 Å². The Morgan fingerprint density at radius 1 is 1.14 bits per heavy atom. The largest absolute Gasteiger partial charge is 0.496 e. The van der Waals surface area contributed by atoms with Gasteiger partial charge in [-0.1, -0.05) is 24.3 Å². The predicted octanol–water partition coefficient (Wildman–Crippen LogP) is 2.52. The number of methoxy groups -OCH3 is 1. The number of nitrogens with one attached hydrogen (secondary N) is 1. The zero-order valence-electron chi connectivity index (χ0n) is 16.8. The Kier molecular flexibility index (Phi) is 6.94. The number of fused-ring (bicyclic) bond motifs is 1. The molecule has 0 radical (unpaired) electrons. The van der Waals surface area contributed by atoms with Crippen LogP contribution < -0.4 is 19.5 Å². The number of hydrogen-bond donors (Lipinski definition) is 1. The average molecular weight is 398 g/mol. The van der Waals surface area contributed by atoms with Crippen LogP contribution in [-0.2, 0) is 22.6 Å². The van der Waals surface area contributed by atoms with E-state index in [0.717, 1.165) is 16.9 Å². The molecular weight excluding hydrogens is 372 g/mol. The summed E-state index contributed by atoms with van der Waals surface area (Å²) < 4.78 is 16.0. The number of carbonyl (C=O) groups excluding carboxylic acids is 2. The second-order valence-electron chi connectivity index (χ2n) is 6.79. The minimum atomic E-state index is -0.0863. The molecule has 0 aliphatic carbocycles. The highest BCUT2D eigenvalue weighted by molar-refractivity contribution is 5.78. The third kappa shape index (κ3) is 5.63. The molecule has 2 aromatic rings. The number of nitrogens with zero attached hydrogens (tertiary/aromatic N) is 1. The number of carbonyl (C=O) groups is 2. The van der Waals surface area contributed by atoms with Crippen molar-refractivity contribution < 1.29 is 23.8 Å². The van der Waals surface area contributed by atoms with Crippen LogP contribution in [0.1, 0.15) is 24.5 Å². The van der Waals surface area contributed by atoms with Crippen LogP contribution in [0.2, 0.25) is 0 Å². The topological polar surface area (TPSA) is 77.1 Å². The summed E-state index contributed by atoms with van der Waals surface area (Å²) in [5.74, 6) is 2.03. The van der Waals surface area contributed by atoms with E-state index in [2.05, 4.69) is 5.32 Å². The molecule has 0 saturated carbocycles. The van der Waals surface area contributed by atoms with Gasteiger partial charge in [-0.15, -0.1) is 0 Å². The molecule has 0 saturated heterocycles. The lowest BCUT2D eigenvalue weighted by atomic mass is 10.1. The summed E-state index contributed by atoms with van der Waals surface area (Å²) in [6.07, 6.45) is 0.930. The summed E-state index contributed by atoms with van der Waals surface area (Å²) in [5, 5.41) is 2.91. The maximum atomic E-state index is 12.2. The minimum Gasteiger partial charge on any atom is -0.496 e. The molecule has 1 aliphatic rings. The quantitative estimate of drug-likeness (QED) is 0.702. The van der Waals surface area contributed by atoms with Gasteiger partial charge in [0, 0.05) is 33.0 Å². The first-order valence-electron chi connectivity index (χ1n) is 9.59. The molecule has 29 heavy (non-hydrogen) atoms. The monoisotopic (exact) mass is 398 g/mol. The van der Waals surface area contributed by atoms with Crippen LogP contribution in [0.5, 0.6) is 17.2 Å². The predicted molar refractivity (Wildman–Crippen MR) is 108 cm³/mol. The number of benzene rings is 2. The third-order valence-electron chi connectivity index (χ3n) is 4.77. The molecule has 154 valence electrons. The average Bonchev–Trinajstić information content (AvgIpc) is 3.19. The Morgan fingerprint density at radius 3 is 2.72 bits per heavy atom. The van der Waals surface area contributed by atoms with E-state index in [1.54, 1.807) is 12.0 Å². The van der Waals surface area contributed by atoms with Crippen molar-refractivity contribution in [3.63, 3.8) is 0 Å². The van der Waals surface area contributed by atoms with E-state index < -0.39 is 0 Å². The molecule has 1 aliphatic heterocycles. The van der Waals surface area contributed by atoms with Crippen LogP contribution in [0.4, 0.5) is 0 Å². The Balaban J connectivity index is 1.46. The van der Waals surface area contributed by atoms with Gasteiger partial charge in [-0.3, -0.25) is 9.59 Å². The Morgan fingerprint density at radius 2 is 1.93 bits per heavy atom. The molecule has 1 heterocycles. The van der Waals surface area contributed by atoms with Gasteiger partial charge in [0.1, 0.15) is 5.75 Å². The van der Waals surface area contributed by atoms with E-state index >= 15 is 0 Å². The van der Waals surface area contributed by atoms with Crippen LogP contribution in [0.15, 0.2) is 42.5 Å². The van der Waals surface area contributed by atoms with Crippen LogP contribution in [0.3, 0.4) is 0 Å². The molecule has 1 N–H and O–H groups in total. The molecular formula is C22H26N2O5. The van der Waals surface area contributed by atoms with E-state index in [-0.39, 0.29) is 25.0 Å². The van der Waals surface area contributed by atoms with Crippen molar-refractivity contribution in [2.75, 3.05) is 27.0 Å². The number of ether oxygens (including phenoxy) is 3. The Bertz CT molecular complexity index is 868. The highest BCUT2D eigenvalue weighted by Crippen LogP contribution is 2.32.